The maximum absolute atomic E-state index is 12.4. The third-order valence-corrected chi connectivity index (χ3v) is 3.86. The molecule has 1 amide bonds. The molecule has 0 saturated carbocycles. The molecule has 0 saturated heterocycles. The van der Waals surface area contributed by atoms with E-state index >= 15 is 0 Å². The van der Waals surface area contributed by atoms with Crippen LogP contribution in [0, 0.1) is 0 Å². The highest BCUT2D eigenvalue weighted by Crippen LogP contribution is 2.32. The number of hydrogen-bond donors (Lipinski definition) is 2. The minimum atomic E-state index is -0.228. The summed E-state index contributed by atoms with van der Waals surface area (Å²) in [4.78, 5) is 15.5. The van der Waals surface area contributed by atoms with Crippen molar-refractivity contribution in [2.45, 2.75) is 0 Å². The van der Waals surface area contributed by atoms with Gasteiger partial charge in [0.1, 0.15) is 18.9 Å². The van der Waals surface area contributed by atoms with Crippen LogP contribution in [-0.2, 0) is 0 Å². The van der Waals surface area contributed by atoms with Crippen molar-refractivity contribution in [2.75, 3.05) is 18.5 Å². The second kappa shape index (κ2) is 5.52. The van der Waals surface area contributed by atoms with Crippen LogP contribution in [0.1, 0.15) is 10.5 Å². The number of aromatic nitrogens is 1. The van der Waals surface area contributed by atoms with Crippen molar-refractivity contribution in [1.82, 2.24) is 4.98 Å². The van der Waals surface area contributed by atoms with Crippen LogP contribution in [-0.4, -0.2) is 24.1 Å². The molecule has 116 valence electrons. The van der Waals surface area contributed by atoms with Crippen molar-refractivity contribution < 1.29 is 14.3 Å². The van der Waals surface area contributed by atoms with Crippen LogP contribution >= 0.6 is 11.6 Å². The standard InChI is InChI=1S/C17H13ClN2O3/c18-11-1-3-13-10(7-11)8-14(20-13)17(21)19-12-2-4-15-16(9-12)23-6-5-22-15/h1-4,7-9,20H,5-6H2,(H,19,21). The van der Waals surface area contributed by atoms with Gasteiger partial charge in [-0.05, 0) is 36.4 Å². The van der Waals surface area contributed by atoms with E-state index in [0.717, 1.165) is 10.9 Å². The van der Waals surface area contributed by atoms with E-state index < -0.39 is 0 Å². The summed E-state index contributed by atoms with van der Waals surface area (Å²) in [7, 11) is 0. The lowest BCUT2D eigenvalue weighted by Crippen LogP contribution is -2.16. The zero-order valence-corrected chi connectivity index (χ0v) is 12.8. The quantitative estimate of drug-likeness (QED) is 0.751. The number of hydrogen-bond acceptors (Lipinski definition) is 3. The molecule has 2 N–H and O–H groups in total. The van der Waals surface area contributed by atoms with Crippen LogP contribution in [0.3, 0.4) is 0 Å². The number of rotatable bonds is 2. The Kier molecular flexibility index (Phi) is 3.35. The van der Waals surface area contributed by atoms with Crippen LogP contribution in [0.15, 0.2) is 42.5 Å². The summed E-state index contributed by atoms with van der Waals surface area (Å²) in [5, 5.41) is 4.37. The molecular formula is C17H13ClN2O3. The molecule has 0 unspecified atom stereocenters. The Bertz CT molecular complexity index is 904. The summed E-state index contributed by atoms with van der Waals surface area (Å²) < 4.78 is 11.0. The molecule has 0 spiro atoms. The molecule has 3 aromatic rings. The Morgan fingerprint density at radius 2 is 1.87 bits per heavy atom. The number of ether oxygens (including phenoxy) is 2. The maximum Gasteiger partial charge on any atom is 0.272 e. The first-order valence-corrected chi connectivity index (χ1v) is 7.56. The van der Waals surface area contributed by atoms with Gasteiger partial charge < -0.3 is 19.8 Å². The Morgan fingerprint density at radius 1 is 1.04 bits per heavy atom. The van der Waals surface area contributed by atoms with Crippen LogP contribution in [0.25, 0.3) is 10.9 Å². The van der Waals surface area contributed by atoms with E-state index in [2.05, 4.69) is 10.3 Å². The fourth-order valence-corrected chi connectivity index (χ4v) is 2.73. The topological polar surface area (TPSA) is 63.4 Å². The minimum absolute atomic E-state index is 0.228. The second-order valence-electron chi connectivity index (χ2n) is 5.23. The average molecular weight is 329 g/mol. The number of H-pyrrole nitrogens is 1. The third-order valence-electron chi connectivity index (χ3n) is 3.63. The fraction of sp³-hybridized carbons (Fsp3) is 0.118. The predicted octanol–water partition coefficient (Wildman–Crippen LogP) is 3.84. The largest absolute Gasteiger partial charge is 0.486 e. The molecule has 2 aromatic carbocycles. The third kappa shape index (κ3) is 2.71. The molecule has 4 rings (SSSR count). The second-order valence-corrected chi connectivity index (χ2v) is 5.66. The molecule has 23 heavy (non-hydrogen) atoms. The maximum atomic E-state index is 12.4. The summed E-state index contributed by atoms with van der Waals surface area (Å²) in [5.41, 5.74) is 1.98. The molecule has 0 aliphatic carbocycles. The molecule has 0 bridgehead atoms. The summed E-state index contributed by atoms with van der Waals surface area (Å²) in [6.45, 7) is 1.05. The van der Waals surface area contributed by atoms with Gasteiger partial charge >= 0.3 is 0 Å². The normalized spacial score (nSPS) is 13.1. The van der Waals surface area contributed by atoms with E-state index in [1.807, 2.05) is 12.1 Å². The first-order valence-electron chi connectivity index (χ1n) is 7.18. The first kappa shape index (κ1) is 14.0. The lowest BCUT2D eigenvalue weighted by molar-refractivity contribution is 0.102. The fourth-order valence-electron chi connectivity index (χ4n) is 2.55. The van der Waals surface area contributed by atoms with Gasteiger partial charge in [-0.3, -0.25) is 4.79 Å². The van der Waals surface area contributed by atoms with Gasteiger partial charge in [0.15, 0.2) is 11.5 Å². The minimum Gasteiger partial charge on any atom is -0.486 e. The molecule has 5 nitrogen and oxygen atoms in total. The van der Waals surface area contributed by atoms with E-state index in [-0.39, 0.29) is 5.91 Å². The van der Waals surface area contributed by atoms with Gasteiger partial charge in [0.05, 0.1) is 0 Å². The number of benzene rings is 2. The molecule has 0 fully saturated rings. The average Bonchev–Trinajstić information content (AvgIpc) is 2.98. The van der Waals surface area contributed by atoms with E-state index in [4.69, 9.17) is 21.1 Å². The van der Waals surface area contributed by atoms with E-state index in [0.29, 0.717) is 41.1 Å². The van der Waals surface area contributed by atoms with Gasteiger partial charge in [-0.15, -0.1) is 0 Å². The van der Waals surface area contributed by atoms with E-state index in [1.54, 1.807) is 30.3 Å². The molecule has 0 atom stereocenters. The number of carbonyl (C=O) groups excluding carboxylic acids is 1. The molecule has 0 radical (unpaired) electrons. The van der Waals surface area contributed by atoms with Gasteiger partial charge in [0.25, 0.3) is 5.91 Å². The van der Waals surface area contributed by atoms with Crippen LogP contribution in [0.2, 0.25) is 5.02 Å². The lowest BCUT2D eigenvalue weighted by Gasteiger charge is -2.18. The Balaban J connectivity index is 1.59. The number of amides is 1. The van der Waals surface area contributed by atoms with E-state index in [9.17, 15) is 4.79 Å². The van der Waals surface area contributed by atoms with Crippen LogP contribution in [0.4, 0.5) is 5.69 Å². The summed E-state index contributed by atoms with van der Waals surface area (Å²) >= 11 is 5.96. The van der Waals surface area contributed by atoms with Crippen molar-refractivity contribution in [1.29, 1.82) is 0 Å². The van der Waals surface area contributed by atoms with Crippen molar-refractivity contribution in [3.8, 4) is 11.5 Å². The smallest absolute Gasteiger partial charge is 0.272 e. The highest BCUT2D eigenvalue weighted by molar-refractivity contribution is 6.31. The molecular weight excluding hydrogens is 316 g/mol. The number of carbonyl (C=O) groups is 1. The van der Waals surface area contributed by atoms with Gasteiger partial charge in [-0.25, -0.2) is 0 Å². The summed E-state index contributed by atoms with van der Waals surface area (Å²) in [5.74, 6) is 1.10. The number of nitrogens with one attached hydrogen (secondary N) is 2. The number of anilines is 1. The Hall–Kier alpha value is -2.66. The van der Waals surface area contributed by atoms with Crippen LogP contribution < -0.4 is 14.8 Å². The molecule has 2 heterocycles. The van der Waals surface area contributed by atoms with Crippen molar-refractivity contribution in [2.24, 2.45) is 0 Å². The van der Waals surface area contributed by atoms with E-state index in [1.165, 1.54) is 0 Å². The van der Waals surface area contributed by atoms with Crippen molar-refractivity contribution >= 4 is 34.1 Å². The summed E-state index contributed by atoms with van der Waals surface area (Å²) in [6, 6.07) is 12.5. The highest BCUT2D eigenvalue weighted by Gasteiger charge is 2.14. The Labute approximate surface area is 137 Å². The molecule has 1 aromatic heterocycles. The Morgan fingerprint density at radius 3 is 2.74 bits per heavy atom. The lowest BCUT2D eigenvalue weighted by atomic mass is 10.2. The number of halogens is 1. The van der Waals surface area contributed by atoms with Crippen molar-refractivity contribution in [3.05, 3.63) is 53.2 Å². The molecule has 6 heteroatoms. The first-order chi connectivity index (χ1) is 11.2. The molecule has 1 aliphatic rings. The monoisotopic (exact) mass is 328 g/mol. The SMILES string of the molecule is O=C(Nc1ccc2c(c1)OCCO2)c1cc2cc(Cl)ccc2[nH]1. The van der Waals surface area contributed by atoms with Crippen LogP contribution in [0.5, 0.6) is 11.5 Å². The van der Waals surface area contributed by atoms with Gasteiger partial charge in [0.2, 0.25) is 0 Å². The highest BCUT2D eigenvalue weighted by atomic mass is 35.5. The van der Waals surface area contributed by atoms with Gasteiger partial charge in [0, 0.05) is 27.7 Å². The van der Waals surface area contributed by atoms with Crippen molar-refractivity contribution in [3.63, 3.8) is 0 Å². The van der Waals surface area contributed by atoms with Gasteiger partial charge in [-0.1, -0.05) is 11.6 Å². The zero-order valence-electron chi connectivity index (χ0n) is 12.1. The summed E-state index contributed by atoms with van der Waals surface area (Å²) in [6.07, 6.45) is 0. The number of aromatic amines is 1. The molecule has 1 aliphatic heterocycles. The predicted molar refractivity (Wildman–Crippen MR) is 88.7 cm³/mol. The zero-order chi connectivity index (χ0) is 15.8. The number of fused-ring (bicyclic) bond motifs is 2. The van der Waals surface area contributed by atoms with Gasteiger partial charge in [-0.2, -0.15) is 0 Å².